The SMILES string of the molecule is CNCCCC(=O)NC(C)c1cccc(C)c1C.Cl. The molecule has 0 spiro atoms. The molecule has 108 valence electrons. The van der Waals surface area contributed by atoms with E-state index in [9.17, 15) is 4.79 Å². The number of carbonyl (C=O) groups excluding carboxylic acids is 1. The predicted octanol–water partition coefficient (Wildman–Crippen LogP) is 2.90. The molecule has 0 fully saturated rings. The van der Waals surface area contributed by atoms with Gasteiger partial charge in [0, 0.05) is 6.42 Å². The maximum atomic E-state index is 11.8. The van der Waals surface area contributed by atoms with Gasteiger partial charge in [-0.25, -0.2) is 0 Å². The number of hydrogen-bond donors (Lipinski definition) is 2. The third-order valence-electron chi connectivity index (χ3n) is 3.32. The third kappa shape index (κ3) is 5.62. The lowest BCUT2D eigenvalue weighted by atomic mass is 9.98. The summed E-state index contributed by atoms with van der Waals surface area (Å²) in [5.41, 5.74) is 3.74. The fraction of sp³-hybridized carbons (Fsp3) is 0.533. The number of hydrogen-bond acceptors (Lipinski definition) is 2. The average molecular weight is 285 g/mol. The summed E-state index contributed by atoms with van der Waals surface area (Å²) in [6, 6.07) is 6.30. The second kappa shape index (κ2) is 8.94. The maximum Gasteiger partial charge on any atom is 0.220 e. The van der Waals surface area contributed by atoms with Gasteiger partial charge in [0.25, 0.3) is 0 Å². The second-order valence-corrected chi connectivity index (χ2v) is 4.79. The van der Waals surface area contributed by atoms with Gasteiger partial charge in [-0.1, -0.05) is 18.2 Å². The first-order chi connectivity index (χ1) is 8.56. The molecule has 0 aliphatic carbocycles. The fourth-order valence-electron chi connectivity index (χ4n) is 2.06. The number of benzene rings is 1. The minimum absolute atomic E-state index is 0. The molecule has 4 heteroatoms. The van der Waals surface area contributed by atoms with E-state index in [1.165, 1.54) is 16.7 Å². The predicted molar refractivity (Wildman–Crippen MR) is 82.9 cm³/mol. The Labute approximate surface area is 122 Å². The Kier molecular flexibility index (Phi) is 8.44. The van der Waals surface area contributed by atoms with Crippen molar-refractivity contribution < 1.29 is 4.79 Å². The van der Waals surface area contributed by atoms with Gasteiger partial charge in [0.05, 0.1) is 6.04 Å². The monoisotopic (exact) mass is 284 g/mol. The van der Waals surface area contributed by atoms with Crippen molar-refractivity contribution in [3.8, 4) is 0 Å². The topological polar surface area (TPSA) is 41.1 Å². The number of nitrogens with one attached hydrogen (secondary N) is 2. The lowest BCUT2D eigenvalue weighted by molar-refractivity contribution is -0.121. The Bertz CT molecular complexity index is 407. The lowest BCUT2D eigenvalue weighted by Crippen LogP contribution is -2.27. The van der Waals surface area contributed by atoms with Crippen LogP contribution >= 0.6 is 12.4 Å². The van der Waals surface area contributed by atoms with Crippen LogP contribution in [0, 0.1) is 13.8 Å². The molecular weight excluding hydrogens is 260 g/mol. The van der Waals surface area contributed by atoms with Crippen molar-refractivity contribution in [3.05, 3.63) is 34.9 Å². The molecule has 19 heavy (non-hydrogen) atoms. The van der Waals surface area contributed by atoms with E-state index in [2.05, 4.69) is 36.6 Å². The summed E-state index contributed by atoms with van der Waals surface area (Å²) in [4.78, 5) is 11.8. The number of halogens is 1. The van der Waals surface area contributed by atoms with Gasteiger partial charge in [0.15, 0.2) is 0 Å². The zero-order chi connectivity index (χ0) is 13.5. The first-order valence-electron chi connectivity index (χ1n) is 6.56. The second-order valence-electron chi connectivity index (χ2n) is 4.79. The molecule has 0 aliphatic rings. The molecule has 0 aromatic heterocycles. The van der Waals surface area contributed by atoms with E-state index in [0.717, 1.165) is 13.0 Å². The smallest absolute Gasteiger partial charge is 0.220 e. The molecule has 0 saturated heterocycles. The van der Waals surface area contributed by atoms with Gasteiger partial charge in [0.1, 0.15) is 0 Å². The standard InChI is InChI=1S/C15H24N2O.ClH/c1-11-7-5-8-14(12(11)2)13(3)17-15(18)9-6-10-16-4;/h5,7-8,13,16H,6,9-10H2,1-4H3,(H,17,18);1H. The molecule has 1 rings (SSSR count). The number of rotatable bonds is 6. The average Bonchev–Trinajstić information content (AvgIpc) is 2.32. The highest BCUT2D eigenvalue weighted by atomic mass is 35.5. The van der Waals surface area contributed by atoms with Crippen LogP contribution in [-0.2, 0) is 4.79 Å². The fourth-order valence-corrected chi connectivity index (χ4v) is 2.06. The zero-order valence-electron chi connectivity index (χ0n) is 12.2. The van der Waals surface area contributed by atoms with Crippen LogP contribution in [0.2, 0.25) is 0 Å². The Balaban J connectivity index is 0.00000324. The van der Waals surface area contributed by atoms with Gasteiger partial charge in [-0.3, -0.25) is 4.79 Å². The molecule has 0 saturated carbocycles. The Morgan fingerprint density at radius 1 is 1.32 bits per heavy atom. The van der Waals surface area contributed by atoms with Gasteiger partial charge in [-0.15, -0.1) is 12.4 Å². The normalized spacial score (nSPS) is 11.6. The summed E-state index contributed by atoms with van der Waals surface area (Å²) in [5, 5.41) is 6.10. The molecule has 1 unspecified atom stereocenters. The van der Waals surface area contributed by atoms with Crippen LogP contribution in [0.4, 0.5) is 0 Å². The van der Waals surface area contributed by atoms with Crippen LogP contribution in [0.1, 0.15) is 42.5 Å². The van der Waals surface area contributed by atoms with Crippen molar-refractivity contribution in [1.29, 1.82) is 0 Å². The van der Waals surface area contributed by atoms with E-state index in [4.69, 9.17) is 0 Å². The van der Waals surface area contributed by atoms with Crippen LogP contribution in [0.15, 0.2) is 18.2 Å². The highest BCUT2D eigenvalue weighted by Gasteiger charge is 2.11. The van der Waals surface area contributed by atoms with Crippen LogP contribution in [0.5, 0.6) is 0 Å². The maximum absolute atomic E-state index is 11.8. The molecule has 1 atom stereocenters. The lowest BCUT2D eigenvalue weighted by Gasteiger charge is -2.18. The van der Waals surface area contributed by atoms with Crippen molar-refractivity contribution in [2.24, 2.45) is 0 Å². The molecular formula is C15H25ClN2O. The van der Waals surface area contributed by atoms with Crippen LogP contribution in [-0.4, -0.2) is 19.5 Å². The molecule has 3 nitrogen and oxygen atoms in total. The molecule has 1 aromatic rings. The minimum atomic E-state index is 0. The van der Waals surface area contributed by atoms with E-state index < -0.39 is 0 Å². The number of amides is 1. The van der Waals surface area contributed by atoms with Crippen molar-refractivity contribution in [3.63, 3.8) is 0 Å². The third-order valence-corrected chi connectivity index (χ3v) is 3.32. The molecule has 0 heterocycles. The molecule has 2 N–H and O–H groups in total. The van der Waals surface area contributed by atoms with Crippen molar-refractivity contribution >= 4 is 18.3 Å². The van der Waals surface area contributed by atoms with E-state index in [0.29, 0.717) is 6.42 Å². The van der Waals surface area contributed by atoms with Crippen LogP contribution in [0.3, 0.4) is 0 Å². The van der Waals surface area contributed by atoms with Gasteiger partial charge in [0.2, 0.25) is 5.91 Å². The van der Waals surface area contributed by atoms with Gasteiger partial charge < -0.3 is 10.6 Å². The Morgan fingerprint density at radius 3 is 2.63 bits per heavy atom. The quantitative estimate of drug-likeness (QED) is 0.789. The van der Waals surface area contributed by atoms with E-state index in [1.54, 1.807) is 0 Å². The summed E-state index contributed by atoms with van der Waals surface area (Å²) < 4.78 is 0. The first kappa shape index (κ1) is 17.9. The van der Waals surface area contributed by atoms with Gasteiger partial charge in [-0.05, 0) is 57.5 Å². The minimum Gasteiger partial charge on any atom is -0.350 e. The molecule has 1 aromatic carbocycles. The zero-order valence-corrected chi connectivity index (χ0v) is 13.1. The van der Waals surface area contributed by atoms with Gasteiger partial charge >= 0.3 is 0 Å². The van der Waals surface area contributed by atoms with Crippen molar-refractivity contribution in [1.82, 2.24) is 10.6 Å². The summed E-state index contributed by atoms with van der Waals surface area (Å²) in [5.74, 6) is 0.124. The molecule has 0 aliphatic heterocycles. The van der Waals surface area contributed by atoms with Gasteiger partial charge in [-0.2, -0.15) is 0 Å². The molecule has 1 amide bonds. The van der Waals surface area contributed by atoms with Crippen LogP contribution < -0.4 is 10.6 Å². The van der Waals surface area contributed by atoms with E-state index in [1.807, 2.05) is 20.0 Å². The summed E-state index contributed by atoms with van der Waals surface area (Å²) in [7, 11) is 1.90. The highest BCUT2D eigenvalue weighted by molar-refractivity contribution is 5.85. The first-order valence-corrected chi connectivity index (χ1v) is 6.56. The summed E-state index contributed by atoms with van der Waals surface area (Å²) in [6.45, 7) is 7.12. The molecule has 0 radical (unpaired) electrons. The van der Waals surface area contributed by atoms with Crippen molar-refractivity contribution in [2.45, 2.75) is 39.7 Å². The number of aryl methyl sites for hydroxylation is 1. The van der Waals surface area contributed by atoms with E-state index >= 15 is 0 Å². The van der Waals surface area contributed by atoms with Crippen LogP contribution in [0.25, 0.3) is 0 Å². The Hall–Kier alpha value is -1.06. The largest absolute Gasteiger partial charge is 0.350 e. The summed E-state index contributed by atoms with van der Waals surface area (Å²) >= 11 is 0. The van der Waals surface area contributed by atoms with E-state index in [-0.39, 0.29) is 24.4 Å². The molecule has 0 bridgehead atoms. The highest BCUT2D eigenvalue weighted by Crippen LogP contribution is 2.20. The Morgan fingerprint density at radius 2 is 2.00 bits per heavy atom. The van der Waals surface area contributed by atoms with Crippen molar-refractivity contribution in [2.75, 3.05) is 13.6 Å². The number of carbonyl (C=O) groups is 1. The summed E-state index contributed by atoms with van der Waals surface area (Å²) in [6.07, 6.45) is 1.46.